The number of nitrogens with zero attached hydrogens (tertiary/aromatic N) is 5. The number of furan rings is 1. The molecule has 0 unspecified atom stereocenters. The van der Waals surface area contributed by atoms with E-state index in [0.717, 1.165) is 94.3 Å². The topological polar surface area (TPSA) is 51.0 Å². The van der Waals surface area contributed by atoms with Gasteiger partial charge in [-0.3, -0.25) is 4.57 Å². The van der Waals surface area contributed by atoms with Crippen LogP contribution in [0.3, 0.4) is 0 Å². The minimum Gasteiger partial charge on any atom is -0.466 e. The summed E-state index contributed by atoms with van der Waals surface area (Å²) in [5.74, 6) is 1.58. The van der Waals surface area contributed by atoms with Crippen molar-refractivity contribution in [1.82, 2.24) is 9.55 Å². The second kappa shape index (κ2) is 20.5. The average Bonchev–Trinajstić information content (AvgIpc) is 1.62. The number of aromatic nitrogens is 2. The molecule has 0 bridgehead atoms. The minimum atomic E-state index is -1.94. The molecule has 0 aliphatic carbocycles. The van der Waals surface area contributed by atoms with Crippen molar-refractivity contribution in [3.8, 4) is 50.7 Å². The Kier molecular flexibility index (Phi) is 12.3. The van der Waals surface area contributed by atoms with Gasteiger partial charge in [0.25, 0.3) is 0 Å². The normalized spacial score (nSPS) is 13.8. The van der Waals surface area contributed by atoms with Gasteiger partial charge in [-0.2, -0.15) is 0 Å². The third-order valence-corrected chi connectivity index (χ3v) is 16.5. The maximum atomic E-state index is 10.0. The molecule has 0 amide bonds. The molecule has 7 heteroatoms. The molecule has 0 saturated heterocycles. The summed E-state index contributed by atoms with van der Waals surface area (Å²) in [5.41, 5.74) is 15.5. The molecule has 0 N–H and O–H groups in total. The first-order valence-electron chi connectivity index (χ1n) is 31.0. The fraction of sp³-hybridized carbons (Fsp3) is 0.231. The van der Waals surface area contributed by atoms with Crippen molar-refractivity contribution in [2.24, 2.45) is 5.41 Å². The first kappa shape index (κ1) is 51.3. The molecule has 3 aromatic heterocycles. The highest BCUT2D eigenvalue weighted by Crippen LogP contribution is 2.52. The maximum absolute atomic E-state index is 10.0. The molecular formula is C78H73N5O2. The van der Waals surface area contributed by atoms with Crippen LogP contribution >= 0.6 is 0 Å². The summed E-state index contributed by atoms with van der Waals surface area (Å²) in [7, 11) is 0. The molecule has 422 valence electrons. The molecule has 4 heterocycles. The van der Waals surface area contributed by atoms with Crippen LogP contribution in [0.1, 0.15) is 109 Å². The van der Waals surface area contributed by atoms with E-state index >= 15 is 0 Å². The molecule has 0 atom stereocenters. The van der Waals surface area contributed by atoms with Crippen molar-refractivity contribution >= 4 is 72.2 Å². The molecule has 85 heavy (non-hydrogen) atoms. The molecule has 1 aliphatic rings. The van der Waals surface area contributed by atoms with Gasteiger partial charge in [-0.25, -0.2) is 9.83 Å². The fourth-order valence-corrected chi connectivity index (χ4v) is 12.1. The SMILES string of the molecule is [2H]c1nc(-n2c3cc(Oc4cccc(N5CN(c6c(-c7ccccc7)cc(C(C)(C)C)cc6-c6ccccc6)c6ccccc65)c4)ccc3c3c4oc5c([N+]#[C-])cccc5c4ccc32)cc(C([2H])([2H])C(C)(C)C)c1-c1cc(C(C)(C)C)cc(C(C)(C)C)c1. The van der Waals surface area contributed by atoms with Gasteiger partial charge < -0.3 is 19.0 Å². The summed E-state index contributed by atoms with van der Waals surface area (Å²) in [5, 5.41) is 3.34. The van der Waals surface area contributed by atoms with Gasteiger partial charge in [-0.1, -0.05) is 198 Å². The molecule has 0 fully saturated rings. The molecule has 0 saturated carbocycles. The van der Waals surface area contributed by atoms with Crippen molar-refractivity contribution in [2.75, 3.05) is 16.5 Å². The van der Waals surface area contributed by atoms with Crippen LogP contribution in [0, 0.1) is 12.0 Å². The van der Waals surface area contributed by atoms with Crippen LogP contribution < -0.4 is 14.5 Å². The summed E-state index contributed by atoms with van der Waals surface area (Å²) < 4.78 is 46.0. The number of hydrogen-bond donors (Lipinski definition) is 0. The number of anilines is 4. The zero-order valence-electron chi connectivity index (χ0n) is 53.7. The van der Waals surface area contributed by atoms with E-state index in [9.17, 15) is 4.11 Å². The summed E-state index contributed by atoms with van der Waals surface area (Å²) in [6.45, 7) is 34.3. The van der Waals surface area contributed by atoms with E-state index in [-0.39, 0.29) is 22.4 Å². The van der Waals surface area contributed by atoms with E-state index in [1.165, 1.54) is 5.56 Å². The van der Waals surface area contributed by atoms with Gasteiger partial charge in [0.15, 0.2) is 0 Å². The molecular weight excluding hydrogens is 1040 g/mol. The van der Waals surface area contributed by atoms with Crippen molar-refractivity contribution in [3.63, 3.8) is 0 Å². The Morgan fingerprint density at radius 2 is 1.11 bits per heavy atom. The van der Waals surface area contributed by atoms with E-state index < -0.39 is 11.8 Å². The Morgan fingerprint density at radius 1 is 0.529 bits per heavy atom. The fourth-order valence-electron chi connectivity index (χ4n) is 12.1. The number of rotatable bonds is 9. The highest BCUT2D eigenvalue weighted by Gasteiger charge is 2.33. The van der Waals surface area contributed by atoms with E-state index in [4.69, 9.17) is 20.7 Å². The lowest BCUT2D eigenvalue weighted by atomic mass is 9.78. The second-order valence-corrected chi connectivity index (χ2v) is 26.9. The smallest absolute Gasteiger partial charge is 0.229 e. The number of para-hydroxylation sites is 3. The van der Waals surface area contributed by atoms with E-state index in [2.05, 4.69) is 204 Å². The molecule has 7 nitrogen and oxygen atoms in total. The molecule has 1 aliphatic heterocycles. The quantitative estimate of drug-likeness (QED) is 0.135. The van der Waals surface area contributed by atoms with Crippen LogP contribution in [-0.4, -0.2) is 16.2 Å². The largest absolute Gasteiger partial charge is 0.466 e. The maximum Gasteiger partial charge on any atom is 0.229 e. The zero-order chi connectivity index (χ0) is 62.0. The first-order chi connectivity index (χ1) is 41.8. The van der Waals surface area contributed by atoms with Crippen molar-refractivity contribution in [2.45, 2.75) is 106 Å². The number of hydrogen-bond acceptors (Lipinski definition) is 5. The lowest BCUT2D eigenvalue weighted by Crippen LogP contribution is -2.25. The van der Waals surface area contributed by atoms with Gasteiger partial charge in [0, 0.05) is 59.6 Å². The molecule has 12 aromatic rings. The van der Waals surface area contributed by atoms with E-state index in [1.807, 2.05) is 86.0 Å². The van der Waals surface area contributed by atoms with Crippen molar-refractivity contribution < 1.29 is 13.3 Å². The van der Waals surface area contributed by atoms with Gasteiger partial charge in [-0.15, -0.1) is 0 Å². The first-order valence-corrected chi connectivity index (χ1v) is 29.5. The average molecular weight is 1120 g/mol. The van der Waals surface area contributed by atoms with E-state index in [1.54, 1.807) is 6.07 Å². The van der Waals surface area contributed by atoms with Crippen LogP contribution in [0.25, 0.3) is 87.8 Å². The Morgan fingerprint density at radius 3 is 1.73 bits per heavy atom. The lowest BCUT2D eigenvalue weighted by Gasteiger charge is -2.30. The standard InChI is InChI=1S/C78H73N5O2/c1-75(2,3)46-52-40-70(80-47-64(52)51-38-53(76(4,5)6)41-54(39-51)77(7,8)9)83-68-37-36-60-59-30-23-31-65(79-13)73(59)85-74(60)71(68)61-35-34-58(45-69(61)83)84-57-29-22-28-56(44-57)81-48-82(67-33-21-20-32-66(67)81)72-62(49-24-16-14-17-25-49)42-55(78(10,11)12)43-63(72)50-26-18-15-19-27-50/h14-45,47H,46,48H2,1-12H3/i46D2,47D. The van der Waals surface area contributed by atoms with Crippen LogP contribution in [0.15, 0.2) is 205 Å². The van der Waals surface area contributed by atoms with Crippen LogP contribution in [0.2, 0.25) is 0 Å². The van der Waals surface area contributed by atoms with Gasteiger partial charge >= 0.3 is 0 Å². The molecule has 9 aromatic carbocycles. The van der Waals surface area contributed by atoms with Crippen LogP contribution in [0.4, 0.5) is 28.4 Å². The van der Waals surface area contributed by atoms with Gasteiger partial charge in [0.2, 0.25) is 5.69 Å². The third-order valence-electron chi connectivity index (χ3n) is 16.5. The lowest BCUT2D eigenvalue weighted by molar-refractivity contribution is 0.411. The Labute approximate surface area is 504 Å². The number of fused-ring (bicyclic) bond motifs is 8. The summed E-state index contributed by atoms with van der Waals surface area (Å²) in [4.78, 5) is 13.9. The number of benzene rings is 9. The summed E-state index contributed by atoms with van der Waals surface area (Å²) in [6.07, 6.45) is -1.97. The monoisotopic (exact) mass is 1110 g/mol. The predicted octanol–water partition coefficient (Wildman–Crippen LogP) is 22.2. The Hall–Kier alpha value is -9.38. The summed E-state index contributed by atoms with van der Waals surface area (Å²) >= 11 is 0. The highest BCUT2D eigenvalue weighted by atomic mass is 16.5. The highest BCUT2D eigenvalue weighted by molar-refractivity contribution is 6.24. The Bertz CT molecular complexity index is 4700. The van der Waals surface area contributed by atoms with Crippen molar-refractivity contribution in [1.29, 1.82) is 0 Å². The van der Waals surface area contributed by atoms with Crippen molar-refractivity contribution in [3.05, 3.63) is 234 Å². The molecule has 13 rings (SSSR count). The number of pyridine rings is 1. The molecule has 0 radical (unpaired) electrons. The second-order valence-electron chi connectivity index (χ2n) is 26.9. The van der Waals surface area contributed by atoms with Gasteiger partial charge in [0.05, 0.1) is 41.4 Å². The zero-order valence-corrected chi connectivity index (χ0v) is 50.7. The summed E-state index contributed by atoms with van der Waals surface area (Å²) in [6, 6.07) is 67.2. The Balaban J connectivity index is 0.968. The molecule has 0 spiro atoms. The van der Waals surface area contributed by atoms with E-state index in [0.29, 0.717) is 52.0 Å². The number of ether oxygens (including phenoxy) is 1. The van der Waals surface area contributed by atoms with Gasteiger partial charge in [0.1, 0.15) is 35.2 Å². The van der Waals surface area contributed by atoms with Crippen LogP contribution in [0.5, 0.6) is 11.5 Å². The predicted molar refractivity (Wildman–Crippen MR) is 356 cm³/mol. The van der Waals surface area contributed by atoms with Crippen LogP contribution in [-0.2, 0) is 22.6 Å². The minimum absolute atomic E-state index is 0.0335. The third kappa shape index (κ3) is 10.1. The van der Waals surface area contributed by atoms with Gasteiger partial charge in [-0.05, 0) is 134 Å².